The molecule has 1 aromatic heterocycles. The van der Waals surface area contributed by atoms with Crippen LogP contribution in [0.4, 0.5) is 17.1 Å². The maximum Gasteiger partial charge on any atom is 0.274 e. The van der Waals surface area contributed by atoms with Gasteiger partial charge in [0.25, 0.3) is 5.91 Å². The summed E-state index contributed by atoms with van der Waals surface area (Å²) in [6.45, 7) is 1.52. The van der Waals surface area contributed by atoms with Gasteiger partial charge in [-0.05, 0) is 49.4 Å². The molecule has 0 saturated heterocycles. The van der Waals surface area contributed by atoms with Crippen LogP contribution in [0.15, 0.2) is 66.9 Å². The monoisotopic (exact) mass is 365 g/mol. The van der Waals surface area contributed by atoms with Gasteiger partial charge in [-0.3, -0.25) is 9.59 Å². The molecule has 0 radical (unpaired) electrons. The summed E-state index contributed by atoms with van der Waals surface area (Å²) in [4.78, 5) is 27.9. The van der Waals surface area contributed by atoms with Crippen molar-refractivity contribution in [2.75, 3.05) is 10.6 Å². The number of anilines is 3. The smallest absolute Gasteiger partial charge is 0.274 e. The number of hydrogen-bond donors (Lipinski definition) is 2. The van der Waals surface area contributed by atoms with Crippen LogP contribution in [-0.4, -0.2) is 16.7 Å². The van der Waals surface area contributed by atoms with Crippen molar-refractivity contribution < 1.29 is 9.59 Å². The van der Waals surface area contributed by atoms with Crippen LogP contribution in [0.3, 0.4) is 0 Å². The predicted molar refractivity (Wildman–Crippen MR) is 103 cm³/mol. The highest BCUT2D eigenvalue weighted by Gasteiger charge is 2.08. The first-order valence-corrected chi connectivity index (χ1v) is 8.30. The van der Waals surface area contributed by atoms with Crippen molar-refractivity contribution in [2.45, 2.75) is 6.92 Å². The number of halogens is 1. The Bertz CT molecular complexity index is 955. The molecule has 1 heterocycles. The Kier molecular flexibility index (Phi) is 5.29. The normalized spacial score (nSPS) is 10.2. The summed E-state index contributed by atoms with van der Waals surface area (Å²) in [6.07, 6.45) is 1.56. The van der Waals surface area contributed by atoms with Crippen LogP contribution in [0.2, 0.25) is 5.02 Å². The maximum atomic E-state index is 12.2. The standard InChI is InChI=1S/C20H16ClN3O2/c1-13(25)14-4-2-6-16(10-14)23-18-8-9-19(22-12-18)20(26)24-17-7-3-5-15(21)11-17/h2-12,23H,1H3,(H,24,26). The van der Waals surface area contributed by atoms with Crippen molar-refractivity contribution in [3.05, 3.63) is 83.1 Å². The van der Waals surface area contributed by atoms with Gasteiger partial charge in [-0.25, -0.2) is 4.98 Å². The molecule has 0 spiro atoms. The molecule has 130 valence electrons. The lowest BCUT2D eigenvalue weighted by Gasteiger charge is -2.08. The molecule has 0 atom stereocenters. The molecule has 0 saturated carbocycles. The zero-order chi connectivity index (χ0) is 18.5. The van der Waals surface area contributed by atoms with Gasteiger partial charge in [0.15, 0.2) is 5.78 Å². The number of Topliss-reactive ketones (excluding diaryl/α,β-unsaturated/α-hetero) is 1. The highest BCUT2D eigenvalue weighted by Crippen LogP contribution is 2.19. The van der Waals surface area contributed by atoms with E-state index in [2.05, 4.69) is 15.6 Å². The molecule has 2 N–H and O–H groups in total. The Morgan fingerprint density at radius 3 is 2.38 bits per heavy atom. The minimum absolute atomic E-state index is 0.000177. The Labute approximate surface area is 156 Å². The summed E-state index contributed by atoms with van der Waals surface area (Å²) in [5.41, 5.74) is 3.00. The van der Waals surface area contributed by atoms with Crippen LogP contribution < -0.4 is 10.6 Å². The molecular formula is C20H16ClN3O2. The van der Waals surface area contributed by atoms with E-state index in [9.17, 15) is 9.59 Å². The molecule has 26 heavy (non-hydrogen) atoms. The van der Waals surface area contributed by atoms with E-state index in [0.29, 0.717) is 22.0 Å². The second kappa shape index (κ2) is 7.80. The van der Waals surface area contributed by atoms with Crippen LogP contribution in [0, 0.1) is 0 Å². The van der Waals surface area contributed by atoms with E-state index in [-0.39, 0.29) is 17.4 Å². The lowest BCUT2D eigenvalue weighted by Crippen LogP contribution is -2.13. The first kappa shape index (κ1) is 17.6. The number of benzene rings is 2. The summed E-state index contributed by atoms with van der Waals surface area (Å²) in [7, 11) is 0. The third-order valence-electron chi connectivity index (χ3n) is 3.64. The number of carbonyl (C=O) groups is 2. The molecule has 0 bridgehead atoms. The lowest BCUT2D eigenvalue weighted by molar-refractivity contribution is 0.101. The first-order chi connectivity index (χ1) is 12.5. The second-order valence-electron chi connectivity index (χ2n) is 5.66. The summed E-state index contributed by atoms with van der Waals surface area (Å²) in [5, 5.41) is 6.45. The van der Waals surface area contributed by atoms with Crippen molar-refractivity contribution in [1.82, 2.24) is 4.98 Å². The summed E-state index contributed by atoms with van der Waals surface area (Å²) < 4.78 is 0. The van der Waals surface area contributed by atoms with E-state index >= 15 is 0 Å². The van der Waals surface area contributed by atoms with Gasteiger partial charge in [0.2, 0.25) is 0 Å². The minimum Gasteiger partial charge on any atom is -0.354 e. The molecule has 0 fully saturated rings. The SMILES string of the molecule is CC(=O)c1cccc(Nc2ccc(C(=O)Nc3cccc(Cl)c3)nc2)c1. The van der Waals surface area contributed by atoms with Crippen LogP contribution in [0.1, 0.15) is 27.8 Å². The number of pyridine rings is 1. The van der Waals surface area contributed by atoms with E-state index in [1.54, 1.807) is 60.8 Å². The van der Waals surface area contributed by atoms with E-state index in [1.165, 1.54) is 6.92 Å². The van der Waals surface area contributed by atoms with Gasteiger partial charge >= 0.3 is 0 Å². The Morgan fingerprint density at radius 1 is 0.923 bits per heavy atom. The average molecular weight is 366 g/mol. The topological polar surface area (TPSA) is 71.1 Å². The Morgan fingerprint density at radius 2 is 1.69 bits per heavy atom. The molecule has 2 aromatic carbocycles. The summed E-state index contributed by atoms with van der Waals surface area (Å²) in [6, 6.07) is 17.5. The van der Waals surface area contributed by atoms with Gasteiger partial charge in [-0.1, -0.05) is 29.8 Å². The van der Waals surface area contributed by atoms with Crippen LogP contribution in [0.25, 0.3) is 0 Å². The van der Waals surface area contributed by atoms with Crippen molar-refractivity contribution in [2.24, 2.45) is 0 Å². The Hall–Kier alpha value is -3.18. The average Bonchev–Trinajstić information content (AvgIpc) is 2.62. The largest absolute Gasteiger partial charge is 0.354 e. The molecule has 6 heteroatoms. The number of aromatic nitrogens is 1. The maximum absolute atomic E-state index is 12.2. The summed E-state index contributed by atoms with van der Waals surface area (Å²) >= 11 is 5.91. The zero-order valence-corrected chi connectivity index (χ0v) is 14.7. The Balaban J connectivity index is 1.69. The quantitative estimate of drug-likeness (QED) is 0.628. The molecule has 0 unspecified atom stereocenters. The van der Waals surface area contributed by atoms with Gasteiger partial charge in [-0.2, -0.15) is 0 Å². The number of amides is 1. The third kappa shape index (κ3) is 4.46. The molecule has 3 aromatic rings. The van der Waals surface area contributed by atoms with E-state index in [1.807, 2.05) is 6.07 Å². The van der Waals surface area contributed by atoms with Crippen molar-refractivity contribution in [3.8, 4) is 0 Å². The molecule has 3 rings (SSSR count). The highest BCUT2D eigenvalue weighted by molar-refractivity contribution is 6.30. The van der Waals surface area contributed by atoms with Gasteiger partial charge in [-0.15, -0.1) is 0 Å². The van der Waals surface area contributed by atoms with Gasteiger partial charge in [0.05, 0.1) is 11.9 Å². The van der Waals surface area contributed by atoms with Crippen LogP contribution in [0.5, 0.6) is 0 Å². The van der Waals surface area contributed by atoms with Crippen molar-refractivity contribution in [3.63, 3.8) is 0 Å². The number of nitrogens with one attached hydrogen (secondary N) is 2. The molecule has 1 amide bonds. The lowest BCUT2D eigenvalue weighted by atomic mass is 10.1. The molecule has 0 aliphatic carbocycles. The number of carbonyl (C=O) groups excluding carboxylic acids is 2. The van der Waals surface area contributed by atoms with Crippen LogP contribution in [-0.2, 0) is 0 Å². The summed E-state index contributed by atoms with van der Waals surface area (Å²) in [5.74, 6) is -0.322. The fourth-order valence-corrected chi connectivity index (χ4v) is 2.54. The van der Waals surface area contributed by atoms with Crippen molar-refractivity contribution >= 4 is 40.4 Å². The third-order valence-corrected chi connectivity index (χ3v) is 3.87. The van der Waals surface area contributed by atoms with Gasteiger partial charge < -0.3 is 10.6 Å². The molecular weight excluding hydrogens is 350 g/mol. The van der Waals surface area contributed by atoms with E-state index < -0.39 is 0 Å². The second-order valence-corrected chi connectivity index (χ2v) is 6.10. The molecule has 0 aliphatic heterocycles. The first-order valence-electron chi connectivity index (χ1n) is 7.92. The number of rotatable bonds is 5. The molecule has 0 aliphatic rings. The minimum atomic E-state index is -0.322. The number of hydrogen-bond acceptors (Lipinski definition) is 4. The fraction of sp³-hybridized carbons (Fsp3) is 0.0500. The van der Waals surface area contributed by atoms with Crippen molar-refractivity contribution in [1.29, 1.82) is 0 Å². The zero-order valence-electron chi connectivity index (χ0n) is 14.0. The highest BCUT2D eigenvalue weighted by atomic mass is 35.5. The van der Waals surface area contributed by atoms with E-state index in [0.717, 1.165) is 5.69 Å². The van der Waals surface area contributed by atoms with Gasteiger partial charge in [0.1, 0.15) is 5.69 Å². The van der Waals surface area contributed by atoms with E-state index in [4.69, 9.17) is 11.6 Å². The predicted octanol–water partition coefficient (Wildman–Crippen LogP) is 4.93. The fourth-order valence-electron chi connectivity index (χ4n) is 2.35. The number of ketones is 1. The van der Waals surface area contributed by atoms with Gasteiger partial charge in [0, 0.05) is 22.0 Å². The van der Waals surface area contributed by atoms with Crippen LogP contribution >= 0.6 is 11.6 Å². The number of nitrogens with zero attached hydrogens (tertiary/aromatic N) is 1. The molecule has 5 nitrogen and oxygen atoms in total.